The van der Waals surface area contributed by atoms with E-state index in [0.717, 1.165) is 31.9 Å². The van der Waals surface area contributed by atoms with Crippen molar-refractivity contribution in [3.05, 3.63) is 29.6 Å². The number of nitrogens with one attached hydrogen (secondary N) is 1. The van der Waals surface area contributed by atoms with Gasteiger partial charge < -0.3 is 14.2 Å². The average molecular weight is 485 g/mol. The Balaban J connectivity index is 1.54. The Bertz CT molecular complexity index is 950. The second-order valence-electron chi connectivity index (χ2n) is 9.34. The highest BCUT2D eigenvalue weighted by Gasteiger charge is 2.44. The van der Waals surface area contributed by atoms with Crippen molar-refractivity contribution in [1.82, 2.24) is 9.62 Å². The van der Waals surface area contributed by atoms with Crippen molar-refractivity contribution in [2.45, 2.75) is 75.6 Å². The summed E-state index contributed by atoms with van der Waals surface area (Å²) in [5, 5.41) is 0. The van der Waals surface area contributed by atoms with E-state index in [4.69, 9.17) is 14.2 Å². The number of halogens is 1. The Hall–Kier alpha value is -1.91. The van der Waals surface area contributed by atoms with Crippen LogP contribution >= 0.6 is 0 Å². The number of amides is 1. The molecule has 4 aliphatic rings. The smallest absolute Gasteiger partial charge is 0.410 e. The molecule has 1 amide bonds. The molecule has 2 fully saturated rings. The normalized spacial score (nSPS) is 31.4. The van der Waals surface area contributed by atoms with Gasteiger partial charge in [-0.15, -0.1) is 0 Å². The predicted octanol–water partition coefficient (Wildman–Crippen LogP) is 3.17. The van der Waals surface area contributed by atoms with E-state index >= 15 is 4.39 Å². The number of benzene rings is 1. The van der Waals surface area contributed by atoms with Gasteiger partial charge in [-0.05, 0) is 56.6 Å². The number of carbonyl (C=O) groups excluding carboxylic acids is 1. The largest absolute Gasteiger partial charge is 0.490 e. The average Bonchev–Trinajstić information content (AvgIpc) is 3.06. The van der Waals surface area contributed by atoms with Crippen LogP contribution in [-0.2, 0) is 19.5 Å². The van der Waals surface area contributed by atoms with Crippen LogP contribution in [0.4, 0.5) is 9.18 Å². The minimum Gasteiger partial charge on any atom is -0.490 e. The third-order valence-electron chi connectivity index (χ3n) is 6.85. The fraction of sp³-hybridized carbons (Fsp3) is 0.696. The molecule has 8 nitrogen and oxygen atoms in total. The summed E-state index contributed by atoms with van der Waals surface area (Å²) < 4.78 is 58.8. The summed E-state index contributed by atoms with van der Waals surface area (Å²) in [5.41, 5.74) is 0.676. The maximum Gasteiger partial charge on any atom is 0.410 e. The maximum atomic E-state index is 15.0. The van der Waals surface area contributed by atoms with Gasteiger partial charge in [0.1, 0.15) is 0 Å². The minimum absolute atomic E-state index is 0.0212. The van der Waals surface area contributed by atoms with Crippen LogP contribution in [-0.4, -0.2) is 69.7 Å². The number of carbonyl (C=O) groups is 1. The van der Waals surface area contributed by atoms with Crippen LogP contribution in [0.25, 0.3) is 0 Å². The van der Waals surface area contributed by atoms with Crippen LogP contribution in [0.2, 0.25) is 0 Å². The standard InChI is InChI=1S/C23H33FN2O6S/c1-15-13-19(25-33(2,28)29)20-14-32-17-9-7-16(8-10-17)18-5-3-6-21(22(18)24)30-11-4-12-31-23(27)26(15)20/h3,5-6,15-17,19-20,25H,4,7-14H2,1-2H3. The second-order valence-corrected chi connectivity index (χ2v) is 11.1. The molecular weight excluding hydrogens is 451 g/mol. The quantitative estimate of drug-likeness (QED) is 0.693. The Morgan fingerprint density at radius 3 is 2.58 bits per heavy atom. The third-order valence-corrected chi connectivity index (χ3v) is 7.58. The van der Waals surface area contributed by atoms with E-state index in [9.17, 15) is 13.2 Å². The van der Waals surface area contributed by atoms with Crippen molar-refractivity contribution in [2.24, 2.45) is 0 Å². The number of rotatable bonds is 2. The van der Waals surface area contributed by atoms with Crippen LogP contribution in [0.3, 0.4) is 0 Å². The second kappa shape index (κ2) is 10.1. The molecule has 0 radical (unpaired) electrons. The molecule has 1 N–H and O–H groups in total. The molecule has 0 spiro atoms. The van der Waals surface area contributed by atoms with Gasteiger partial charge in [-0.2, -0.15) is 0 Å². The van der Waals surface area contributed by atoms with Crippen LogP contribution in [0.15, 0.2) is 18.2 Å². The maximum absolute atomic E-state index is 15.0. The highest BCUT2D eigenvalue weighted by Crippen LogP contribution is 2.38. The Morgan fingerprint density at radius 2 is 1.85 bits per heavy atom. The highest BCUT2D eigenvalue weighted by atomic mass is 32.2. The number of sulfonamides is 1. The van der Waals surface area contributed by atoms with Gasteiger partial charge in [-0.1, -0.05) is 12.1 Å². The Kier molecular flexibility index (Phi) is 7.45. The van der Waals surface area contributed by atoms with E-state index in [0.29, 0.717) is 18.4 Å². The van der Waals surface area contributed by atoms with Crippen molar-refractivity contribution < 1.29 is 31.8 Å². The van der Waals surface area contributed by atoms with Gasteiger partial charge in [-0.3, -0.25) is 4.90 Å². The van der Waals surface area contributed by atoms with E-state index in [1.807, 2.05) is 19.1 Å². The molecule has 5 rings (SSSR count). The summed E-state index contributed by atoms with van der Waals surface area (Å²) in [6.07, 6.45) is 4.62. The lowest BCUT2D eigenvalue weighted by molar-refractivity contribution is -0.0106. The molecule has 33 heavy (non-hydrogen) atoms. The molecule has 4 bridgehead atoms. The zero-order chi connectivity index (χ0) is 23.6. The molecule has 1 saturated carbocycles. The fourth-order valence-corrected chi connectivity index (χ4v) is 6.08. The van der Waals surface area contributed by atoms with Gasteiger partial charge >= 0.3 is 6.09 Å². The fourth-order valence-electron chi connectivity index (χ4n) is 5.28. The van der Waals surface area contributed by atoms with Crippen LogP contribution in [0, 0.1) is 5.82 Å². The third kappa shape index (κ3) is 5.78. The number of hydrogen-bond donors (Lipinski definition) is 1. The molecule has 184 valence electrons. The first-order valence-corrected chi connectivity index (χ1v) is 13.6. The first-order valence-electron chi connectivity index (χ1n) is 11.7. The van der Waals surface area contributed by atoms with Crippen molar-refractivity contribution in [2.75, 3.05) is 26.1 Å². The van der Waals surface area contributed by atoms with Crippen LogP contribution < -0.4 is 9.46 Å². The SMILES string of the molecule is CC1CC(NS(C)(=O)=O)C2COC3CCC(CC3)c3cccc(c3F)OCCCOC(=O)N12. The molecule has 1 saturated heterocycles. The zero-order valence-corrected chi connectivity index (χ0v) is 20.0. The lowest BCUT2D eigenvalue weighted by Crippen LogP contribution is -2.50. The van der Waals surface area contributed by atoms with Gasteiger partial charge in [0.2, 0.25) is 10.0 Å². The van der Waals surface area contributed by atoms with Gasteiger partial charge in [0.15, 0.2) is 11.6 Å². The zero-order valence-electron chi connectivity index (χ0n) is 19.2. The minimum atomic E-state index is -3.45. The predicted molar refractivity (Wildman–Crippen MR) is 120 cm³/mol. The van der Waals surface area contributed by atoms with Crippen molar-refractivity contribution in [3.8, 4) is 5.75 Å². The Labute approximate surface area is 194 Å². The van der Waals surface area contributed by atoms with E-state index < -0.39 is 28.2 Å². The van der Waals surface area contributed by atoms with Crippen molar-refractivity contribution in [1.29, 1.82) is 0 Å². The van der Waals surface area contributed by atoms with E-state index in [1.54, 1.807) is 11.0 Å². The molecule has 1 aromatic rings. The van der Waals surface area contributed by atoms with Crippen LogP contribution in [0.5, 0.6) is 5.75 Å². The lowest BCUT2D eigenvalue weighted by atomic mass is 9.82. The molecule has 0 aromatic heterocycles. The van der Waals surface area contributed by atoms with Crippen molar-refractivity contribution in [3.63, 3.8) is 0 Å². The summed E-state index contributed by atoms with van der Waals surface area (Å²) in [5.74, 6) is 0.0217. The van der Waals surface area contributed by atoms with E-state index in [2.05, 4.69) is 4.72 Å². The topological polar surface area (TPSA) is 94.2 Å². The summed E-state index contributed by atoms with van der Waals surface area (Å²) in [7, 11) is -3.45. The summed E-state index contributed by atoms with van der Waals surface area (Å²) in [6.45, 7) is 2.44. The molecule has 10 heteroatoms. The van der Waals surface area contributed by atoms with Gasteiger partial charge in [0, 0.05) is 18.5 Å². The lowest BCUT2D eigenvalue weighted by Gasteiger charge is -2.33. The molecular formula is C23H33FN2O6S. The summed E-state index contributed by atoms with van der Waals surface area (Å²) >= 11 is 0. The van der Waals surface area contributed by atoms with Crippen molar-refractivity contribution >= 4 is 16.1 Å². The van der Waals surface area contributed by atoms with Crippen LogP contribution in [0.1, 0.15) is 56.9 Å². The molecule has 3 atom stereocenters. The number of nitrogens with zero attached hydrogens (tertiary/aromatic N) is 1. The number of ether oxygens (including phenoxy) is 3. The molecule has 3 unspecified atom stereocenters. The molecule has 3 heterocycles. The summed E-state index contributed by atoms with van der Waals surface area (Å²) in [4.78, 5) is 14.5. The first kappa shape index (κ1) is 24.2. The first-order chi connectivity index (χ1) is 15.7. The monoisotopic (exact) mass is 484 g/mol. The van der Waals surface area contributed by atoms with E-state index in [-0.39, 0.29) is 49.5 Å². The Morgan fingerprint density at radius 1 is 1.12 bits per heavy atom. The number of hydrogen-bond acceptors (Lipinski definition) is 6. The van der Waals surface area contributed by atoms with Gasteiger partial charge in [-0.25, -0.2) is 22.3 Å². The summed E-state index contributed by atoms with van der Waals surface area (Å²) in [6, 6.07) is 4.16. The molecule has 1 aliphatic carbocycles. The van der Waals surface area contributed by atoms with Gasteiger partial charge in [0.05, 0.1) is 38.2 Å². The molecule has 3 aliphatic heterocycles. The highest BCUT2D eigenvalue weighted by molar-refractivity contribution is 7.88. The van der Waals surface area contributed by atoms with Gasteiger partial charge in [0.25, 0.3) is 0 Å². The number of fused-ring (bicyclic) bond motifs is 8. The molecule has 1 aromatic carbocycles. The van der Waals surface area contributed by atoms with E-state index in [1.165, 1.54) is 0 Å².